The number of nitro groups is 1. The van der Waals surface area contributed by atoms with Gasteiger partial charge < -0.3 is 15.1 Å². The van der Waals surface area contributed by atoms with Crippen LogP contribution in [0.2, 0.25) is 0 Å². The number of carbonyl (C=O) groups excluding carboxylic acids is 1. The molecule has 26 heavy (non-hydrogen) atoms. The Kier molecular flexibility index (Phi) is 6.68. The van der Waals surface area contributed by atoms with Gasteiger partial charge in [-0.15, -0.1) is 0 Å². The molecular formula is C19H25N4O3+. The fraction of sp³-hybridized carbons (Fsp3) is 0.316. The Labute approximate surface area is 153 Å². The molecule has 0 saturated carbocycles. The number of nitro benzene ring substituents is 1. The molecular weight excluding hydrogens is 332 g/mol. The Bertz CT molecular complexity index is 742. The second-order valence-electron chi connectivity index (χ2n) is 6.37. The molecule has 0 aliphatic heterocycles. The van der Waals surface area contributed by atoms with Gasteiger partial charge in [0.2, 0.25) is 0 Å². The number of carbonyl (C=O) groups is 1. The molecule has 0 heterocycles. The molecule has 7 heteroatoms. The van der Waals surface area contributed by atoms with E-state index in [2.05, 4.69) is 29.6 Å². The van der Waals surface area contributed by atoms with Crippen LogP contribution in [0.25, 0.3) is 0 Å². The van der Waals surface area contributed by atoms with Gasteiger partial charge in [0.15, 0.2) is 6.54 Å². The molecule has 7 nitrogen and oxygen atoms in total. The molecule has 0 aliphatic carbocycles. The van der Waals surface area contributed by atoms with Crippen molar-refractivity contribution in [1.82, 2.24) is 0 Å². The maximum absolute atomic E-state index is 12.3. The molecule has 1 amide bonds. The number of amides is 1. The minimum Gasteiger partial charge on any atom is -0.378 e. The largest absolute Gasteiger partial charge is 0.378 e. The molecule has 1 atom stereocenters. The highest BCUT2D eigenvalue weighted by molar-refractivity contribution is 5.91. The summed E-state index contributed by atoms with van der Waals surface area (Å²) in [5, 5.41) is 13.5. The van der Waals surface area contributed by atoms with Crippen LogP contribution in [0.5, 0.6) is 0 Å². The van der Waals surface area contributed by atoms with E-state index >= 15 is 0 Å². The predicted molar refractivity (Wildman–Crippen MR) is 103 cm³/mol. The van der Waals surface area contributed by atoms with Crippen molar-refractivity contribution in [1.29, 1.82) is 0 Å². The molecule has 0 aromatic heterocycles. The second kappa shape index (κ2) is 8.96. The molecule has 0 bridgehead atoms. The Morgan fingerprint density at radius 1 is 1.12 bits per heavy atom. The number of hydrogen-bond donors (Lipinski definition) is 2. The molecule has 0 aliphatic rings. The predicted octanol–water partition coefficient (Wildman–Crippen LogP) is 1.70. The fourth-order valence-electron chi connectivity index (χ4n) is 2.61. The third-order valence-corrected chi connectivity index (χ3v) is 4.18. The molecule has 138 valence electrons. The minimum absolute atomic E-state index is 0.00461. The number of anilines is 2. The summed E-state index contributed by atoms with van der Waals surface area (Å²) < 4.78 is 0. The Morgan fingerprint density at radius 3 is 2.23 bits per heavy atom. The molecule has 1 unspecified atom stereocenters. The lowest BCUT2D eigenvalue weighted by atomic mass is 10.2. The molecule has 0 spiro atoms. The standard InChI is InChI=1S/C19H24N4O3/c1-4-22(13-15-5-9-17(10-6-15)21(2)3)14-19(24)20-16-7-11-18(12-8-16)23(25)26/h5-12H,4,13-14H2,1-3H3,(H,20,24)/p+1. The van der Waals surface area contributed by atoms with Crippen molar-refractivity contribution in [3.05, 3.63) is 64.2 Å². The van der Waals surface area contributed by atoms with Crippen LogP contribution in [0.3, 0.4) is 0 Å². The smallest absolute Gasteiger partial charge is 0.279 e. The zero-order chi connectivity index (χ0) is 19.1. The van der Waals surface area contributed by atoms with E-state index in [0.717, 1.165) is 23.7 Å². The Balaban J connectivity index is 1.91. The first-order valence-corrected chi connectivity index (χ1v) is 8.53. The average Bonchev–Trinajstić information content (AvgIpc) is 2.62. The lowest BCUT2D eigenvalue weighted by molar-refractivity contribution is -0.903. The summed E-state index contributed by atoms with van der Waals surface area (Å²) in [6.45, 7) is 3.96. The highest BCUT2D eigenvalue weighted by Gasteiger charge is 2.14. The Morgan fingerprint density at radius 2 is 1.73 bits per heavy atom. The van der Waals surface area contributed by atoms with E-state index in [1.165, 1.54) is 17.7 Å². The van der Waals surface area contributed by atoms with Crippen molar-refractivity contribution in [2.45, 2.75) is 13.5 Å². The summed E-state index contributed by atoms with van der Waals surface area (Å²) in [4.78, 5) is 25.7. The van der Waals surface area contributed by atoms with E-state index in [0.29, 0.717) is 12.2 Å². The zero-order valence-electron chi connectivity index (χ0n) is 15.4. The molecule has 0 fully saturated rings. The van der Waals surface area contributed by atoms with Crippen LogP contribution in [0.4, 0.5) is 17.1 Å². The van der Waals surface area contributed by atoms with Gasteiger partial charge in [0.05, 0.1) is 11.5 Å². The molecule has 2 aromatic carbocycles. The first kappa shape index (κ1) is 19.4. The first-order valence-electron chi connectivity index (χ1n) is 8.53. The highest BCUT2D eigenvalue weighted by Crippen LogP contribution is 2.15. The second-order valence-corrected chi connectivity index (χ2v) is 6.37. The number of quaternary nitrogens is 1. The van der Waals surface area contributed by atoms with Crippen LogP contribution >= 0.6 is 0 Å². The molecule has 2 rings (SSSR count). The monoisotopic (exact) mass is 357 g/mol. The summed E-state index contributed by atoms with van der Waals surface area (Å²) in [6, 6.07) is 14.2. The van der Waals surface area contributed by atoms with E-state index in [1.54, 1.807) is 12.1 Å². The number of likely N-dealkylation sites (N-methyl/N-ethyl adjacent to an activating group) is 1. The van der Waals surface area contributed by atoms with Crippen LogP contribution in [0, 0.1) is 10.1 Å². The van der Waals surface area contributed by atoms with Crippen LogP contribution in [0.15, 0.2) is 48.5 Å². The van der Waals surface area contributed by atoms with E-state index in [4.69, 9.17) is 0 Å². The lowest BCUT2D eigenvalue weighted by Crippen LogP contribution is -3.11. The van der Waals surface area contributed by atoms with Crippen LogP contribution < -0.4 is 15.1 Å². The van der Waals surface area contributed by atoms with Crippen LogP contribution in [-0.2, 0) is 11.3 Å². The van der Waals surface area contributed by atoms with Crippen LogP contribution in [-0.4, -0.2) is 38.0 Å². The van der Waals surface area contributed by atoms with Gasteiger partial charge in [-0.05, 0) is 31.2 Å². The van der Waals surface area contributed by atoms with E-state index < -0.39 is 4.92 Å². The summed E-state index contributed by atoms with van der Waals surface area (Å²) in [7, 11) is 4.00. The number of nitrogens with one attached hydrogen (secondary N) is 2. The zero-order valence-corrected chi connectivity index (χ0v) is 15.4. The van der Waals surface area contributed by atoms with Crippen LogP contribution in [0.1, 0.15) is 12.5 Å². The number of rotatable bonds is 8. The van der Waals surface area contributed by atoms with Gasteiger partial charge in [-0.2, -0.15) is 0 Å². The normalized spacial score (nSPS) is 11.7. The van der Waals surface area contributed by atoms with Crippen molar-refractivity contribution >= 4 is 23.0 Å². The van der Waals surface area contributed by atoms with Gasteiger partial charge in [0.25, 0.3) is 11.6 Å². The first-order chi connectivity index (χ1) is 12.4. The Hall–Kier alpha value is -2.93. The number of non-ortho nitro benzene ring substituents is 1. The maximum Gasteiger partial charge on any atom is 0.279 e. The van der Waals surface area contributed by atoms with Crippen molar-refractivity contribution in [3.8, 4) is 0 Å². The maximum atomic E-state index is 12.3. The van der Waals surface area contributed by atoms with Crippen molar-refractivity contribution in [3.63, 3.8) is 0 Å². The molecule has 0 radical (unpaired) electrons. The third-order valence-electron chi connectivity index (χ3n) is 4.18. The molecule has 2 aromatic rings. The van der Waals surface area contributed by atoms with Gasteiger partial charge in [-0.3, -0.25) is 14.9 Å². The number of nitrogens with zero attached hydrogens (tertiary/aromatic N) is 2. The average molecular weight is 357 g/mol. The highest BCUT2D eigenvalue weighted by atomic mass is 16.6. The quantitative estimate of drug-likeness (QED) is 0.557. The van der Waals surface area contributed by atoms with E-state index in [1.807, 2.05) is 25.9 Å². The van der Waals surface area contributed by atoms with Gasteiger partial charge in [0.1, 0.15) is 6.54 Å². The van der Waals surface area contributed by atoms with Gasteiger partial charge in [-0.1, -0.05) is 12.1 Å². The number of hydrogen-bond acceptors (Lipinski definition) is 4. The summed E-state index contributed by atoms with van der Waals surface area (Å²) in [6.07, 6.45) is 0. The van der Waals surface area contributed by atoms with Crippen molar-refractivity contribution < 1.29 is 14.6 Å². The van der Waals surface area contributed by atoms with E-state index in [9.17, 15) is 14.9 Å². The van der Waals surface area contributed by atoms with Gasteiger partial charge in [-0.25, -0.2) is 0 Å². The third kappa shape index (κ3) is 5.56. The van der Waals surface area contributed by atoms with Gasteiger partial charge >= 0.3 is 0 Å². The number of benzene rings is 2. The summed E-state index contributed by atoms with van der Waals surface area (Å²) >= 11 is 0. The summed E-state index contributed by atoms with van der Waals surface area (Å²) in [5.41, 5.74) is 2.88. The van der Waals surface area contributed by atoms with Crippen molar-refractivity contribution in [2.24, 2.45) is 0 Å². The van der Waals surface area contributed by atoms with E-state index in [-0.39, 0.29) is 11.6 Å². The molecule has 0 saturated heterocycles. The summed E-state index contributed by atoms with van der Waals surface area (Å²) in [5.74, 6) is -0.111. The lowest BCUT2D eigenvalue weighted by Gasteiger charge is -2.18. The van der Waals surface area contributed by atoms with Crippen molar-refractivity contribution in [2.75, 3.05) is 37.4 Å². The SMILES string of the molecule is CC[NH+](CC(=O)Nc1ccc([N+](=O)[O-])cc1)Cc1ccc(N(C)C)cc1. The minimum atomic E-state index is -0.462. The fourth-order valence-corrected chi connectivity index (χ4v) is 2.61. The van der Waals surface area contributed by atoms with Gasteiger partial charge in [0, 0.05) is 43.2 Å². The molecule has 2 N–H and O–H groups in total. The topological polar surface area (TPSA) is 79.9 Å².